The number of hydrogen-bond acceptors (Lipinski definition) is 5. The summed E-state index contributed by atoms with van der Waals surface area (Å²) in [5.74, 6) is 1.25. The molecule has 1 unspecified atom stereocenters. The fourth-order valence-electron chi connectivity index (χ4n) is 2.77. The first-order valence-corrected chi connectivity index (χ1v) is 11.1. The SMILES string of the molecule is CCc1ccc(NC(=O)CSc2nnc(C(C)Oc3ccc(Cl)cc3Cl)n2C)cc1. The monoisotopic (exact) mass is 464 g/mol. The molecule has 0 aliphatic heterocycles. The zero-order valence-corrected chi connectivity index (χ0v) is 19.2. The average Bonchev–Trinajstić information content (AvgIpc) is 3.09. The van der Waals surface area contributed by atoms with Crippen molar-refractivity contribution in [2.24, 2.45) is 7.05 Å². The summed E-state index contributed by atoms with van der Waals surface area (Å²) < 4.78 is 7.71. The molecule has 0 aliphatic rings. The predicted octanol–water partition coefficient (Wildman–Crippen LogP) is 5.56. The maximum absolute atomic E-state index is 12.3. The van der Waals surface area contributed by atoms with E-state index in [1.54, 1.807) is 18.2 Å². The Bertz CT molecular complexity index is 1020. The first-order valence-electron chi connectivity index (χ1n) is 9.40. The molecule has 6 nitrogen and oxygen atoms in total. The second kappa shape index (κ2) is 10.2. The minimum atomic E-state index is -0.388. The summed E-state index contributed by atoms with van der Waals surface area (Å²) in [4.78, 5) is 12.3. The van der Waals surface area contributed by atoms with Crippen LogP contribution in [0.4, 0.5) is 5.69 Å². The number of carbonyl (C=O) groups excluding carboxylic acids is 1. The van der Waals surface area contributed by atoms with Crippen molar-refractivity contribution in [2.45, 2.75) is 31.5 Å². The van der Waals surface area contributed by atoms with E-state index >= 15 is 0 Å². The van der Waals surface area contributed by atoms with Crippen LogP contribution in [0.25, 0.3) is 0 Å². The number of nitrogens with zero attached hydrogens (tertiary/aromatic N) is 3. The largest absolute Gasteiger partial charge is 0.481 e. The van der Waals surface area contributed by atoms with Gasteiger partial charge in [0, 0.05) is 17.8 Å². The zero-order chi connectivity index (χ0) is 21.7. The first-order chi connectivity index (χ1) is 14.4. The van der Waals surface area contributed by atoms with Gasteiger partial charge in [0.25, 0.3) is 0 Å². The van der Waals surface area contributed by atoms with Gasteiger partial charge in [-0.1, -0.05) is 54.0 Å². The molecular formula is C21H22Cl2N4O2S. The Hall–Kier alpha value is -2.22. The van der Waals surface area contributed by atoms with E-state index in [0.29, 0.717) is 26.8 Å². The number of ether oxygens (including phenoxy) is 1. The van der Waals surface area contributed by atoms with Crippen molar-refractivity contribution in [2.75, 3.05) is 11.1 Å². The quantitative estimate of drug-likeness (QED) is 0.442. The van der Waals surface area contributed by atoms with Gasteiger partial charge < -0.3 is 14.6 Å². The highest BCUT2D eigenvalue weighted by molar-refractivity contribution is 7.99. The fraction of sp³-hybridized carbons (Fsp3) is 0.286. The molecule has 1 aromatic heterocycles. The lowest BCUT2D eigenvalue weighted by molar-refractivity contribution is -0.113. The highest BCUT2D eigenvalue weighted by Crippen LogP contribution is 2.31. The lowest BCUT2D eigenvalue weighted by atomic mass is 10.1. The maximum atomic E-state index is 12.3. The summed E-state index contributed by atoms with van der Waals surface area (Å²) in [6.45, 7) is 3.95. The standard InChI is InChI=1S/C21H22Cl2N4O2S/c1-4-14-5-8-16(9-6-14)24-19(28)12-30-21-26-25-20(27(21)3)13(2)29-18-10-7-15(22)11-17(18)23/h5-11,13H,4,12H2,1-3H3,(H,24,28). The van der Waals surface area contributed by atoms with Crippen LogP contribution in [0.5, 0.6) is 5.75 Å². The molecule has 0 fully saturated rings. The number of amides is 1. The molecule has 9 heteroatoms. The van der Waals surface area contributed by atoms with Crippen molar-refractivity contribution >= 4 is 46.6 Å². The number of hydrogen-bond donors (Lipinski definition) is 1. The molecule has 3 rings (SSSR count). The van der Waals surface area contributed by atoms with Gasteiger partial charge >= 0.3 is 0 Å². The summed E-state index contributed by atoms with van der Waals surface area (Å²) in [6, 6.07) is 12.9. The van der Waals surface area contributed by atoms with Crippen molar-refractivity contribution < 1.29 is 9.53 Å². The lowest BCUT2D eigenvalue weighted by Crippen LogP contribution is -2.15. The Kier molecular flexibility index (Phi) is 7.64. The van der Waals surface area contributed by atoms with E-state index in [-0.39, 0.29) is 17.8 Å². The number of carbonyl (C=O) groups is 1. The van der Waals surface area contributed by atoms with Crippen LogP contribution in [0.3, 0.4) is 0 Å². The number of rotatable bonds is 8. The summed E-state index contributed by atoms with van der Waals surface area (Å²) >= 11 is 13.4. The summed E-state index contributed by atoms with van der Waals surface area (Å²) in [7, 11) is 1.84. The van der Waals surface area contributed by atoms with Gasteiger partial charge in [-0.3, -0.25) is 4.79 Å². The van der Waals surface area contributed by atoms with Crippen LogP contribution in [0.2, 0.25) is 10.0 Å². The van der Waals surface area contributed by atoms with Gasteiger partial charge in [0.15, 0.2) is 17.1 Å². The maximum Gasteiger partial charge on any atom is 0.234 e. The second-order valence-electron chi connectivity index (χ2n) is 6.62. The molecule has 1 heterocycles. The van der Waals surface area contributed by atoms with E-state index in [9.17, 15) is 4.79 Å². The Morgan fingerprint density at radius 3 is 2.60 bits per heavy atom. The number of anilines is 1. The van der Waals surface area contributed by atoms with Gasteiger partial charge in [0.1, 0.15) is 5.75 Å². The predicted molar refractivity (Wildman–Crippen MR) is 122 cm³/mol. The lowest BCUT2D eigenvalue weighted by Gasteiger charge is -2.15. The van der Waals surface area contributed by atoms with Crippen molar-refractivity contribution in [3.05, 3.63) is 63.9 Å². The molecule has 3 aromatic rings. The Morgan fingerprint density at radius 1 is 1.20 bits per heavy atom. The van der Waals surface area contributed by atoms with Crippen LogP contribution in [-0.2, 0) is 18.3 Å². The average molecular weight is 465 g/mol. The molecule has 0 saturated carbocycles. The minimum Gasteiger partial charge on any atom is -0.481 e. The summed E-state index contributed by atoms with van der Waals surface area (Å²) in [5.41, 5.74) is 2.00. The van der Waals surface area contributed by atoms with E-state index in [1.807, 2.05) is 42.8 Å². The third-order valence-electron chi connectivity index (χ3n) is 4.41. The zero-order valence-electron chi connectivity index (χ0n) is 16.9. The van der Waals surface area contributed by atoms with Crippen molar-refractivity contribution in [3.63, 3.8) is 0 Å². The minimum absolute atomic E-state index is 0.106. The Labute approximate surface area is 189 Å². The number of thioether (sulfide) groups is 1. The van der Waals surface area contributed by atoms with Crippen LogP contribution >= 0.6 is 35.0 Å². The number of benzene rings is 2. The molecule has 0 saturated heterocycles. The third-order valence-corrected chi connectivity index (χ3v) is 5.96. The van der Waals surface area contributed by atoms with Crippen LogP contribution in [0.15, 0.2) is 47.6 Å². The first kappa shape index (κ1) is 22.5. The molecule has 1 N–H and O–H groups in total. The van der Waals surface area contributed by atoms with E-state index in [1.165, 1.54) is 17.3 Å². The number of aromatic nitrogens is 3. The molecule has 158 valence electrons. The van der Waals surface area contributed by atoms with E-state index in [2.05, 4.69) is 22.4 Å². The van der Waals surface area contributed by atoms with Gasteiger partial charge in [-0.05, 0) is 49.2 Å². The van der Waals surface area contributed by atoms with Crippen molar-refractivity contribution in [1.82, 2.24) is 14.8 Å². The van der Waals surface area contributed by atoms with Crippen molar-refractivity contribution in [1.29, 1.82) is 0 Å². The van der Waals surface area contributed by atoms with Crippen LogP contribution < -0.4 is 10.1 Å². The highest BCUT2D eigenvalue weighted by atomic mass is 35.5. The summed E-state index contributed by atoms with van der Waals surface area (Å²) in [5, 5.41) is 12.9. The highest BCUT2D eigenvalue weighted by Gasteiger charge is 2.19. The molecule has 0 radical (unpaired) electrons. The van der Waals surface area contributed by atoms with Gasteiger partial charge in [-0.15, -0.1) is 10.2 Å². The molecule has 1 amide bonds. The Morgan fingerprint density at radius 2 is 1.93 bits per heavy atom. The topological polar surface area (TPSA) is 69.0 Å². The van der Waals surface area contributed by atoms with E-state index in [4.69, 9.17) is 27.9 Å². The smallest absolute Gasteiger partial charge is 0.234 e. The van der Waals surface area contributed by atoms with E-state index < -0.39 is 0 Å². The normalized spacial score (nSPS) is 11.9. The molecule has 0 bridgehead atoms. The van der Waals surface area contributed by atoms with Gasteiger partial charge in [0.05, 0.1) is 10.8 Å². The second-order valence-corrected chi connectivity index (χ2v) is 8.41. The van der Waals surface area contributed by atoms with Crippen LogP contribution in [0, 0.1) is 0 Å². The van der Waals surface area contributed by atoms with Gasteiger partial charge in [-0.2, -0.15) is 0 Å². The van der Waals surface area contributed by atoms with Crippen molar-refractivity contribution in [3.8, 4) is 5.75 Å². The molecule has 2 aromatic carbocycles. The molecular weight excluding hydrogens is 443 g/mol. The molecule has 0 aliphatic carbocycles. The molecule has 0 spiro atoms. The molecule has 30 heavy (non-hydrogen) atoms. The van der Waals surface area contributed by atoms with Gasteiger partial charge in [-0.25, -0.2) is 0 Å². The molecule has 1 atom stereocenters. The van der Waals surface area contributed by atoms with Crippen LogP contribution in [0.1, 0.15) is 31.3 Å². The van der Waals surface area contributed by atoms with E-state index in [0.717, 1.165) is 12.1 Å². The number of nitrogens with one attached hydrogen (secondary N) is 1. The summed E-state index contributed by atoms with van der Waals surface area (Å²) in [6.07, 6.45) is 0.576. The van der Waals surface area contributed by atoms with Crippen LogP contribution in [-0.4, -0.2) is 26.4 Å². The van der Waals surface area contributed by atoms with Gasteiger partial charge in [0.2, 0.25) is 5.91 Å². The Balaban J connectivity index is 1.58. The third kappa shape index (κ3) is 5.68. The number of halogens is 2. The fourth-order valence-corrected chi connectivity index (χ4v) is 3.94. The number of aryl methyl sites for hydroxylation is 1.